The Kier molecular flexibility index (Phi) is 5.00. The minimum atomic E-state index is -3.62. The molecule has 0 aliphatic carbocycles. The number of hydrogen-bond donors (Lipinski definition) is 0. The van der Waals surface area contributed by atoms with Crippen LogP contribution in [0.15, 0.2) is 40.3 Å². The highest BCUT2D eigenvalue weighted by molar-refractivity contribution is 7.89. The number of nitrogens with zero attached hydrogens (tertiary/aromatic N) is 5. The molecule has 2 aromatic heterocycles. The number of sulfonamides is 1. The highest BCUT2D eigenvalue weighted by atomic mass is 32.2. The molecule has 0 radical (unpaired) electrons. The quantitative estimate of drug-likeness (QED) is 0.638. The summed E-state index contributed by atoms with van der Waals surface area (Å²) in [4.78, 5) is 8.46. The van der Waals surface area contributed by atoms with E-state index in [0.29, 0.717) is 38.0 Å². The van der Waals surface area contributed by atoms with Gasteiger partial charge in [0.2, 0.25) is 0 Å². The molecule has 1 aliphatic rings. The van der Waals surface area contributed by atoms with E-state index in [1.54, 1.807) is 4.57 Å². The van der Waals surface area contributed by atoms with Gasteiger partial charge in [-0.3, -0.25) is 0 Å². The van der Waals surface area contributed by atoms with Crippen molar-refractivity contribution >= 4 is 10.0 Å². The molecule has 0 spiro atoms. The van der Waals surface area contributed by atoms with Gasteiger partial charge in [0.25, 0.3) is 15.9 Å². The van der Waals surface area contributed by atoms with Gasteiger partial charge in [-0.2, -0.15) is 9.29 Å². The lowest BCUT2D eigenvalue weighted by atomic mass is 10.1. The van der Waals surface area contributed by atoms with Gasteiger partial charge in [0, 0.05) is 24.8 Å². The van der Waals surface area contributed by atoms with Crippen molar-refractivity contribution in [3.05, 3.63) is 47.7 Å². The molecule has 10 heteroatoms. The number of benzene rings is 1. The van der Waals surface area contributed by atoms with Gasteiger partial charge < -0.3 is 13.8 Å². The summed E-state index contributed by atoms with van der Waals surface area (Å²) in [6.07, 6.45) is 2.94. The van der Waals surface area contributed by atoms with E-state index in [9.17, 15) is 8.42 Å². The first kappa shape index (κ1) is 18.8. The van der Waals surface area contributed by atoms with Gasteiger partial charge in [-0.25, -0.2) is 13.4 Å². The molecular formula is C18H21N5O4S. The second-order valence-corrected chi connectivity index (χ2v) is 8.60. The molecule has 148 valence electrons. The van der Waals surface area contributed by atoms with E-state index >= 15 is 0 Å². The Morgan fingerprint density at radius 3 is 2.68 bits per heavy atom. The van der Waals surface area contributed by atoms with E-state index in [1.165, 1.54) is 22.4 Å². The molecule has 0 amide bonds. The average molecular weight is 403 g/mol. The van der Waals surface area contributed by atoms with E-state index in [-0.39, 0.29) is 11.6 Å². The molecular weight excluding hydrogens is 382 g/mol. The minimum absolute atomic E-state index is 0.00674. The third-order valence-electron chi connectivity index (χ3n) is 4.73. The van der Waals surface area contributed by atoms with Crippen LogP contribution in [-0.4, -0.2) is 58.7 Å². The summed E-state index contributed by atoms with van der Waals surface area (Å²) >= 11 is 0. The Labute approximate surface area is 163 Å². The van der Waals surface area contributed by atoms with Crippen LogP contribution in [-0.2, 0) is 21.3 Å². The highest BCUT2D eigenvalue weighted by Crippen LogP contribution is 2.21. The van der Waals surface area contributed by atoms with Crippen LogP contribution < -0.4 is 0 Å². The Balaban J connectivity index is 1.50. The van der Waals surface area contributed by atoms with Crippen LogP contribution in [0.4, 0.5) is 0 Å². The van der Waals surface area contributed by atoms with E-state index in [2.05, 4.69) is 15.1 Å². The lowest BCUT2D eigenvalue weighted by Crippen LogP contribution is -2.40. The number of aryl methyl sites for hydroxylation is 2. The molecule has 3 heterocycles. The number of ether oxygens (including phenoxy) is 1. The van der Waals surface area contributed by atoms with Crippen molar-refractivity contribution in [2.75, 3.05) is 26.3 Å². The first-order valence-electron chi connectivity index (χ1n) is 8.93. The fourth-order valence-electron chi connectivity index (χ4n) is 2.95. The average Bonchev–Trinajstić information content (AvgIpc) is 3.35. The van der Waals surface area contributed by atoms with E-state index in [0.717, 1.165) is 11.1 Å². The Bertz CT molecular complexity index is 1080. The highest BCUT2D eigenvalue weighted by Gasteiger charge is 2.28. The van der Waals surface area contributed by atoms with Crippen LogP contribution in [0.25, 0.3) is 11.5 Å². The molecule has 4 rings (SSSR count). The third kappa shape index (κ3) is 3.71. The van der Waals surface area contributed by atoms with Gasteiger partial charge in [-0.1, -0.05) is 11.2 Å². The van der Waals surface area contributed by atoms with Gasteiger partial charge in [0.15, 0.2) is 10.9 Å². The predicted octanol–water partition coefficient (Wildman–Crippen LogP) is 1.62. The molecule has 0 unspecified atom stereocenters. The smallest absolute Gasteiger partial charge is 0.262 e. The maximum absolute atomic E-state index is 12.6. The minimum Gasteiger partial charge on any atom is -0.379 e. The molecule has 1 fully saturated rings. The van der Waals surface area contributed by atoms with Gasteiger partial charge in [-0.15, -0.1) is 0 Å². The zero-order chi connectivity index (χ0) is 19.7. The molecule has 0 bridgehead atoms. The number of rotatable bonds is 5. The van der Waals surface area contributed by atoms with Crippen molar-refractivity contribution in [2.45, 2.75) is 25.4 Å². The number of imidazole rings is 1. The molecule has 3 aromatic rings. The van der Waals surface area contributed by atoms with Crippen molar-refractivity contribution < 1.29 is 17.7 Å². The lowest BCUT2D eigenvalue weighted by molar-refractivity contribution is 0.0729. The fraction of sp³-hybridized carbons (Fsp3) is 0.389. The Morgan fingerprint density at radius 2 is 1.93 bits per heavy atom. The fourth-order valence-corrected chi connectivity index (χ4v) is 4.29. The van der Waals surface area contributed by atoms with Crippen molar-refractivity contribution in [1.29, 1.82) is 0 Å². The van der Waals surface area contributed by atoms with Crippen LogP contribution in [0.3, 0.4) is 0 Å². The number of morpholine rings is 1. The summed E-state index contributed by atoms with van der Waals surface area (Å²) < 4.78 is 38.9. The molecule has 9 nitrogen and oxygen atoms in total. The zero-order valence-corrected chi connectivity index (χ0v) is 16.5. The van der Waals surface area contributed by atoms with Crippen LogP contribution in [0, 0.1) is 13.8 Å². The van der Waals surface area contributed by atoms with Gasteiger partial charge in [0.1, 0.15) is 0 Å². The van der Waals surface area contributed by atoms with Crippen molar-refractivity contribution in [2.24, 2.45) is 0 Å². The molecule has 1 aromatic carbocycles. The first-order chi connectivity index (χ1) is 13.4. The van der Waals surface area contributed by atoms with E-state index in [1.807, 2.05) is 32.0 Å². The normalized spacial score (nSPS) is 15.8. The maximum Gasteiger partial charge on any atom is 0.262 e. The van der Waals surface area contributed by atoms with E-state index < -0.39 is 10.0 Å². The van der Waals surface area contributed by atoms with Crippen molar-refractivity contribution in [3.63, 3.8) is 0 Å². The first-order valence-corrected chi connectivity index (χ1v) is 10.4. The summed E-state index contributed by atoms with van der Waals surface area (Å²) in [5.41, 5.74) is 3.18. The van der Waals surface area contributed by atoms with Crippen LogP contribution in [0.2, 0.25) is 0 Å². The van der Waals surface area contributed by atoms with Gasteiger partial charge >= 0.3 is 0 Å². The van der Waals surface area contributed by atoms with Crippen LogP contribution in [0.1, 0.15) is 17.0 Å². The summed E-state index contributed by atoms with van der Waals surface area (Å²) in [6, 6.07) is 5.94. The third-order valence-corrected chi connectivity index (χ3v) is 6.51. The zero-order valence-electron chi connectivity index (χ0n) is 15.7. The Morgan fingerprint density at radius 1 is 1.14 bits per heavy atom. The summed E-state index contributed by atoms with van der Waals surface area (Å²) in [6.45, 7) is 5.78. The lowest BCUT2D eigenvalue weighted by Gasteiger charge is -2.24. The van der Waals surface area contributed by atoms with E-state index in [4.69, 9.17) is 9.26 Å². The largest absolute Gasteiger partial charge is 0.379 e. The summed E-state index contributed by atoms with van der Waals surface area (Å²) in [5.74, 6) is 0.875. The van der Waals surface area contributed by atoms with Crippen molar-refractivity contribution in [3.8, 4) is 11.5 Å². The monoisotopic (exact) mass is 403 g/mol. The molecule has 1 saturated heterocycles. The molecule has 0 atom stereocenters. The van der Waals surface area contributed by atoms with Crippen LogP contribution >= 0.6 is 0 Å². The maximum atomic E-state index is 12.6. The molecule has 0 N–H and O–H groups in total. The Hall–Kier alpha value is -2.56. The van der Waals surface area contributed by atoms with Gasteiger partial charge in [0.05, 0.1) is 26.1 Å². The van der Waals surface area contributed by atoms with Gasteiger partial charge in [-0.05, 0) is 37.1 Å². The topological polar surface area (TPSA) is 103 Å². The van der Waals surface area contributed by atoms with Crippen molar-refractivity contribution in [1.82, 2.24) is 24.0 Å². The second kappa shape index (κ2) is 7.46. The summed E-state index contributed by atoms with van der Waals surface area (Å²) in [7, 11) is -3.62. The second-order valence-electron chi connectivity index (χ2n) is 6.72. The number of hydrogen-bond acceptors (Lipinski definition) is 7. The molecule has 0 saturated carbocycles. The molecule has 28 heavy (non-hydrogen) atoms. The molecule has 1 aliphatic heterocycles. The predicted molar refractivity (Wildman–Crippen MR) is 100 cm³/mol. The summed E-state index contributed by atoms with van der Waals surface area (Å²) in [5, 5.41) is 4.00. The SMILES string of the molecule is Cc1ccc(-c2nc(Cn3cnc(S(=O)(=O)N4CCOCC4)c3)no2)cc1C. The number of aromatic nitrogens is 4. The van der Waals surface area contributed by atoms with Crippen LogP contribution in [0.5, 0.6) is 0 Å². The standard InChI is InChI=1S/C18H21N5O4S/c1-13-3-4-15(9-14(13)2)18-20-16(21-27-18)10-22-11-17(19-12-22)28(24,25)23-5-7-26-8-6-23/h3-4,9,11-12H,5-8,10H2,1-2H3.